The number of amides is 1. The molecule has 116 valence electrons. The lowest BCUT2D eigenvalue weighted by Gasteiger charge is -2.14. The maximum Gasteiger partial charge on any atom is 0.224 e. The van der Waals surface area contributed by atoms with E-state index in [4.69, 9.17) is 18.0 Å². The Hall–Kier alpha value is -1.42. The molecule has 0 aliphatic heterocycles. The van der Waals surface area contributed by atoms with Crippen LogP contribution in [0.1, 0.15) is 51.2 Å². The first kappa shape index (κ1) is 17.6. The molecule has 0 heterocycles. The standard InChI is InChI=1S/C17H26N2OS/c1-12(2)5-4-6-13(3)19-16(20)11-14-7-9-15(10-8-14)17(18)21/h7-10,12-13H,4-6,11H2,1-3H3,(H2,18,21)(H,19,20). The van der Waals surface area contributed by atoms with Crippen LogP contribution in [0.4, 0.5) is 0 Å². The molecule has 0 saturated heterocycles. The minimum absolute atomic E-state index is 0.0649. The molecule has 1 unspecified atom stereocenters. The summed E-state index contributed by atoms with van der Waals surface area (Å²) in [6, 6.07) is 7.75. The van der Waals surface area contributed by atoms with E-state index in [1.54, 1.807) is 0 Å². The molecule has 1 aromatic carbocycles. The molecule has 1 amide bonds. The maximum atomic E-state index is 12.0. The Labute approximate surface area is 133 Å². The van der Waals surface area contributed by atoms with Gasteiger partial charge in [-0.15, -0.1) is 0 Å². The van der Waals surface area contributed by atoms with E-state index >= 15 is 0 Å². The summed E-state index contributed by atoms with van der Waals surface area (Å²) >= 11 is 4.91. The second kappa shape index (κ2) is 8.78. The van der Waals surface area contributed by atoms with Crippen molar-refractivity contribution in [2.24, 2.45) is 11.7 Å². The van der Waals surface area contributed by atoms with Gasteiger partial charge in [0.05, 0.1) is 6.42 Å². The summed E-state index contributed by atoms with van der Waals surface area (Å²) < 4.78 is 0. The van der Waals surface area contributed by atoms with Crippen molar-refractivity contribution in [3.63, 3.8) is 0 Å². The Kier molecular flexibility index (Phi) is 7.37. The number of hydrogen-bond acceptors (Lipinski definition) is 2. The number of hydrogen-bond donors (Lipinski definition) is 2. The molecule has 0 spiro atoms. The van der Waals surface area contributed by atoms with Crippen molar-refractivity contribution in [2.45, 2.75) is 52.5 Å². The number of nitrogens with one attached hydrogen (secondary N) is 1. The molecule has 0 radical (unpaired) electrons. The molecule has 3 N–H and O–H groups in total. The fraction of sp³-hybridized carbons (Fsp3) is 0.529. The third-order valence-electron chi connectivity index (χ3n) is 3.43. The smallest absolute Gasteiger partial charge is 0.224 e. The van der Waals surface area contributed by atoms with E-state index in [1.165, 1.54) is 6.42 Å². The highest BCUT2D eigenvalue weighted by molar-refractivity contribution is 7.80. The molecular weight excluding hydrogens is 280 g/mol. The molecule has 4 heteroatoms. The van der Waals surface area contributed by atoms with Crippen molar-refractivity contribution in [1.82, 2.24) is 5.32 Å². The summed E-state index contributed by atoms with van der Waals surface area (Å²) in [6.07, 6.45) is 3.79. The molecule has 1 atom stereocenters. The zero-order chi connectivity index (χ0) is 15.8. The van der Waals surface area contributed by atoms with Crippen LogP contribution in [0.3, 0.4) is 0 Å². The topological polar surface area (TPSA) is 55.1 Å². The molecule has 0 saturated carbocycles. The molecule has 21 heavy (non-hydrogen) atoms. The molecular formula is C17H26N2OS. The molecule has 0 fully saturated rings. The zero-order valence-corrected chi connectivity index (χ0v) is 14.0. The van der Waals surface area contributed by atoms with Gasteiger partial charge in [-0.3, -0.25) is 4.79 Å². The van der Waals surface area contributed by atoms with Crippen LogP contribution in [-0.4, -0.2) is 16.9 Å². The zero-order valence-electron chi connectivity index (χ0n) is 13.2. The molecule has 0 aliphatic rings. The van der Waals surface area contributed by atoms with Gasteiger partial charge < -0.3 is 11.1 Å². The molecule has 0 bridgehead atoms. The predicted molar refractivity (Wildman–Crippen MR) is 92.3 cm³/mol. The van der Waals surface area contributed by atoms with Crippen LogP contribution in [0.15, 0.2) is 24.3 Å². The average molecular weight is 306 g/mol. The molecule has 0 aliphatic carbocycles. The molecule has 1 rings (SSSR count). The van der Waals surface area contributed by atoms with Crippen LogP contribution in [0.5, 0.6) is 0 Å². The summed E-state index contributed by atoms with van der Waals surface area (Å²) in [5, 5.41) is 3.05. The molecule has 0 aromatic heterocycles. The van der Waals surface area contributed by atoms with E-state index in [-0.39, 0.29) is 11.9 Å². The Morgan fingerprint density at radius 3 is 2.33 bits per heavy atom. The molecule has 1 aromatic rings. The average Bonchev–Trinajstić information content (AvgIpc) is 2.38. The second-order valence-electron chi connectivity index (χ2n) is 6.03. The number of rotatable bonds is 8. The lowest BCUT2D eigenvalue weighted by Crippen LogP contribution is -2.33. The van der Waals surface area contributed by atoms with Crippen LogP contribution in [-0.2, 0) is 11.2 Å². The fourth-order valence-electron chi connectivity index (χ4n) is 2.20. The van der Waals surface area contributed by atoms with E-state index < -0.39 is 0 Å². The van der Waals surface area contributed by atoms with E-state index in [9.17, 15) is 4.79 Å². The first-order chi connectivity index (χ1) is 9.88. The largest absolute Gasteiger partial charge is 0.389 e. The fourth-order valence-corrected chi connectivity index (χ4v) is 2.34. The minimum Gasteiger partial charge on any atom is -0.389 e. The lowest BCUT2D eigenvalue weighted by molar-refractivity contribution is -0.121. The van der Waals surface area contributed by atoms with Crippen LogP contribution in [0.2, 0.25) is 0 Å². The Morgan fingerprint density at radius 2 is 1.81 bits per heavy atom. The lowest BCUT2D eigenvalue weighted by atomic mass is 10.0. The monoisotopic (exact) mass is 306 g/mol. The minimum atomic E-state index is 0.0649. The maximum absolute atomic E-state index is 12.0. The highest BCUT2D eigenvalue weighted by atomic mass is 32.1. The van der Waals surface area contributed by atoms with E-state index in [2.05, 4.69) is 26.1 Å². The summed E-state index contributed by atoms with van der Waals surface area (Å²) in [5.41, 5.74) is 7.35. The van der Waals surface area contributed by atoms with Crippen LogP contribution in [0.25, 0.3) is 0 Å². The van der Waals surface area contributed by atoms with Crippen molar-refractivity contribution < 1.29 is 4.79 Å². The Balaban J connectivity index is 2.37. The van der Waals surface area contributed by atoms with Gasteiger partial charge in [-0.2, -0.15) is 0 Å². The normalized spacial score (nSPS) is 12.2. The van der Waals surface area contributed by atoms with Gasteiger partial charge in [0.1, 0.15) is 4.99 Å². The number of benzene rings is 1. The van der Waals surface area contributed by atoms with Crippen molar-refractivity contribution in [3.8, 4) is 0 Å². The Bertz CT molecular complexity index is 468. The third-order valence-corrected chi connectivity index (χ3v) is 3.66. The van der Waals surface area contributed by atoms with E-state index in [0.29, 0.717) is 11.4 Å². The van der Waals surface area contributed by atoms with Gasteiger partial charge in [0.15, 0.2) is 0 Å². The SMILES string of the molecule is CC(C)CCCC(C)NC(=O)Cc1ccc(C(N)=S)cc1. The van der Waals surface area contributed by atoms with Crippen molar-refractivity contribution in [2.75, 3.05) is 0 Å². The summed E-state index contributed by atoms with van der Waals surface area (Å²) in [5.74, 6) is 0.787. The van der Waals surface area contributed by atoms with E-state index in [1.807, 2.05) is 24.3 Å². The predicted octanol–water partition coefficient (Wildman–Crippen LogP) is 3.19. The Morgan fingerprint density at radius 1 is 1.19 bits per heavy atom. The summed E-state index contributed by atoms with van der Waals surface area (Å²) in [7, 11) is 0. The van der Waals surface area contributed by atoms with E-state index in [0.717, 1.165) is 29.9 Å². The first-order valence-corrected chi connectivity index (χ1v) is 7.97. The van der Waals surface area contributed by atoms with Gasteiger partial charge in [0.2, 0.25) is 5.91 Å². The third kappa shape index (κ3) is 7.23. The quantitative estimate of drug-likeness (QED) is 0.725. The van der Waals surface area contributed by atoms with Crippen molar-refractivity contribution in [1.29, 1.82) is 0 Å². The van der Waals surface area contributed by atoms with Gasteiger partial charge >= 0.3 is 0 Å². The number of nitrogens with two attached hydrogens (primary N) is 1. The van der Waals surface area contributed by atoms with Crippen molar-refractivity contribution >= 4 is 23.1 Å². The summed E-state index contributed by atoms with van der Waals surface area (Å²) in [4.78, 5) is 12.4. The highest BCUT2D eigenvalue weighted by Gasteiger charge is 2.08. The van der Waals surface area contributed by atoms with Gasteiger partial charge in [0, 0.05) is 11.6 Å². The first-order valence-electron chi connectivity index (χ1n) is 7.56. The van der Waals surface area contributed by atoms with Gasteiger partial charge in [-0.1, -0.05) is 63.2 Å². The van der Waals surface area contributed by atoms with Crippen LogP contribution >= 0.6 is 12.2 Å². The second-order valence-corrected chi connectivity index (χ2v) is 6.47. The number of thiocarbonyl (C=S) groups is 1. The number of carbonyl (C=O) groups is 1. The van der Waals surface area contributed by atoms with Gasteiger partial charge in [0.25, 0.3) is 0 Å². The van der Waals surface area contributed by atoms with Crippen molar-refractivity contribution in [3.05, 3.63) is 35.4 Å². The van der Waals surface area contributed by atoms with Crippen LogP contribution in [0, 0.1) is 5.92 Å². The van der Waals surface area contributed by atoms with Crippen LogP contribution < -0.4 is 11.1 Å². The van der Waals surface area contributed by atoms with Gasteiger partial charge in [-0.05, 0) is 24.8 Å². The summed E-state index contributed by atoms with van der Waals surface area (Å²) in [6.45, 7) is 6.51. The highest BCUT2D eigenvalue weighted by Crippen LogP contribution is 2.09. The molecule has 3 nitrogen and oxygen atoms in total. The number of carbonyl (C=O) groups excluding carboxylic acids is 1. The van der Waals surface area contributed by atoms with Gasteiger partial charge in [-0.25, -0.2) is 0 Å².